The van der Waals surface area contributed by atoms with Crippen LogP contribution in [0.25, 0.3) is 22.6 Å². The van der Waals surface area contributed by atoms with Gasteiger partial charge in [-0.3, -0.25) is 4.98 Å². The van der Waals surface area contributed by atoms with Crippen molar-refractivity contribution < 1.29 is 9.13 Å². The highest BCUT2D eigenvalue weighted by Crippen LogP contribution is 2.44. The average molecular weight is 488 g/mol. The maximum atomic E-state index is 14.1. The third-order valence-electron chi connectivity index (χ3n) is 7.83. The number of nitrogens with two attached hydrogens (primary N) is 1. The van der Waals surface area contributed by atoms with Crippen LogP contribution >= 0.6 is 0 Å². The summed E-state index contributed by atoms with van der Waals surface area (Å²) < 4.78 is 21.5. The summed E-state index contributed by atoms with van der Waals surface area (Å²) in [6.07, 6.45) is 5.30. The lowest BCUT2D eigenvalue weighted by molar-refractivity contribution is 0.0336. The molecule has 0 aliphatic carbocycles. The van der Waals surface area contributed by atoms with Crippen LogP contribution in [0, 0.1) is 11.7 Å². The van der Waals surface area contributed by atoms with Crippen LogP contribution in [-0.2, 0) is 12.0 Å². The number of aromatic nitrogens is 5. The van der Waals surface area contributed by atoms with Crippen LogP contribution in [0.1, 0.15) is 37.8 Å². The molecule has 1 aromatic carbocycles. The molecule has 2 N–H and O–H groups in total. The smallest absolute Gasteiger partial charge is 0.320 e. The van der Waals surface area contributed by atoms with E-state index >= 15 is 0 Å². The standard InChI is InChI=1S/C27H30FN7O/c1-3-36-26-32-23(29)22-25(33-26)35(24(31-22)18-12-21(28)14-30-13-18)15-17-4-6-19(7-5-17)27(2)16-34-10-8-20(27)9-11-34/h4-7,12-14,20H,3,8-11,15-16H2,1-2H3,(H2,29,32,33)/t27-/m1/s1. The summed E-state index contributed by atoms with van der Waals surface area (Å²) in [4.78, 5) is 20.1. The highest BCUT2D eigenvalue weighted by molar-refractivity contribution is 5.85. The first-order chi connectivity index (χ1) is 17.4. The zero-order valence-electron chi connectivity index (χ0n) is 20.6. The van der Waals surface area contributed by atoms with Crippen LogP contribution < -0.4 is 10.5 Å². The molecule has 4 aromatic rings. The fourth-order valence-corrected chi connectivity index (χ4v) is 5.92. The number of benzene rings is 1. The topological polar surface area (TPSA) is 95.0 Å². The van der Waals surface area contributed by atoms with Crippen molar-refractivity contribution in [3.05, 3.63) is 59.7 Å². The molecule has 3 aliphatic heterocycles. The molecule has 0 radical (unpaired) electrons. The van der Waals surface area contributed by atoms with E-state index in [-0.39, 0.29) is 17.2 Å². The van der Waals surface area contributed by atoms with Crippen LogP contribution in [0.3, 0.4) is 0 Å². The molecule has 7 rings (SSSR count). The van der Waals surface area contributed by atoms with E-state index in [0.29, 0.717) is 35.7 Å². The van der Waals surface area contributed by atoms with Gasteiger partial charge in [0.1, 0.15) is 11.6 Å². The number of imidazole rings is 1. The number of rotatable bonds is 6. The molecule has 3 fully saturated rings. The molecule has 3 aliphatic rings. The largest absolute Gasteiger partial charge is 0.464 e. The second-order valence-electron chi connectivity index (χ2n) is 10.1. The SMILES string of the molecule is CCOc1nc(N)c2nc(-c3cncc(F)c3)n(Cc3ccc([C@@]4(C)CN5CCC4CC5)cc3)c2n1. The molecule has 0 amide bonds. The summed E-state index contributed by atoms with van der Waals surface area (Å²) in [5.41, 5.74) is 10.4. The molecule has 8 nitrogen and oxygen atoms in total. The molecule has 0 unspecified atom stereocenters. The normalized spacial score (nSPS) is 23.3. The fourth-order valence-electron chi connectivity index (χ4n) is 5.92. The molecule has 6 heterocycles. The van der Waals surface area contributed by atoms with E-state index in [1.165, 1.54) is 43.8 Å². The highest BCUT2D eigenvalue weighted by atomic mass is 19.1. The summed E-state index contributed by atoms with van der Waals surface area (Å²) in [5, 5.41) is 0. The van der Waals surface area contributed by atoms with Gasteiger partial charge in [-0.2, -0.15) is 9.97 Å². The van der Waals surface area contributed by atoms with Crippen molar-refractivity contribution in [1.29, 1.82) is 0 Å². The average Bonchev–Trinajstić information content (AvgIpc) is 3.24. The van der Waals surface area contributed by atoms with Crippen LogP contribution in [0.5, 0.6) is 6.01 Å². The van der Waals surface area contributed by atoms with E-state index in [4.69, 9.17) is 15.5 Å². The Morgan fingerprint density at radius 2 is 1.89 bits per heavy atom. The molecule has 186 valence electrons. The van der Waals surface area contributed by atoms with Crippen LogP contribution in [0.15, 0.2) is 42.7 Å². The first-order valence-corrected chi connectivity index (χ1v) is 12.5. The Morgan fingerprint density at radius 3 is 2.56 bits per heavy atom. The van der Waals surface area contributed by atoms with Gasteiger partial charge in [-0.15, -0.1) is 0 Å². The predicted octanol–water partition coefficient (Wildman–Crippen LogP) is 4.04. The number of fused-ring (bicyclic) bond motifs is 4. The summed E-state index contributed by atoms with van der Waals surface area (Å²) in [6, 6.07) is 10.5. The minimum atomic E-state index is -0.435. The third kappa shape index (κ3) is 3.87. The van der Waals surface area contributed by atoms with Crippen LogP contribution in [0.2, 0.25) is 0 Å². The van der Waals surface area contributed by atoms with Crippen molar-refractivity contribution in [2.24, 2.45) is 5.92 Å². The maximum Gasteiger partial charge on any atom is 0.320 e. The molecule has 3 saturated heterocycles. The van der Waals surface area contributed by atoms with Gasteiger partial charge in [-0.1, -0.05) is 31.2 Å². The van der Waals surface area contributed by atoms with Gasteiger partial charge in [-0.05, 0) is 56.0 Å². The molecule has 0 spiro atoms. The molecule has 36 heavy (non-hydrogen) atoms. The van der Waals surface area contributed by atoms with Gasteiger partial charge < -0.3 is 19.9 Å². The Hall–Kier alpha value is -3.59. The van der Waals surface area contributed by atoms with Crippen molar-refractivity contribution in [2.45, 2.75) is 38.6 Å². The van der Waals surface area contributed by atoms with Crippen molar-refractivity contribution >= 4 is 17.0 Å². The molecule has 9 heteroatoms. The van der Waals surface area contributed by atoms with E-state index in [0.717, 1.165) is 18.0 Å². The lowest BCUT2D eigenvalue weighted by atomic mass is 9.64. The van der Waals surface area contributed by atoms with Gasteiger partial charge in [0, 0.05) is 23.7 Å². The third-order valence-corrected chi connectivity index (χ3v) is 7.83. The monoisotopic (exact) mass is 487 g/mol. The van der Waals surface area contributed by atoms with Gasteiger partial charge in [-0.25, -0.2) is 9.37 Å². The van der Waals surface area contributed by atoms with Crippen LogP contribution in [-0.4, -0.2) is 55.6 Å². The lowest BCUT2D eigenvalue weighted by Crippen LogP contribution is -2.55. The Kier molecular flexibility index (Phi) is 5.59. The number of halogens is 1. The number of anilines is 1. The van der Waals surface area contributed by atoms with E-state index < -0.39 is 5.82 Å². The number of ether oxygens (including phenoxy) is 1. The Balaban J connectivity index is 1.40. The van der Waals surface area contributed by atoms with Crippen LogP contribution in [0.4, 0.5) is 10.2 Å². The lowest BCUT2D eigenvalue weighted by Gasteiger charge is -2.52. The van der Waals surface area contributed by atoms with Crippen molar-refractivity contribution in [3.8, 4) is 17.4 Å². The Labute approximate surface area is 209 Å². The number of hydrogen-bond donors (Lipinski definition) is 1. The summed E-state index contributed by atoms with van der Waals surface area (Å²) >= 11 is 0. The molecule has 0 saturated carbocycles. The molecular formula is C27H30FN7O. The summed E-state index contributed by atoms with van der Waals surface area (Å²) in [5.74, 6) is 1.04. The van der Waals surface area contributed by atoms with E-state index in [1.807, 2.05) is 11.5 Å². The number of nitrogens with zero attached hydrogens (tertiary/aromatic N) is 6. The maximum absolute atomic E-state index is 14.1. The van der Waals surface area contributed by atoms with Gasteiger partial charge in [0.05, 0.1) is 19.3 Å². The number of nitrogen functional groups attached to an aromatic ring is 1. The summed E-state index contributed by atoms with van der Waals surface area (Å²) in [7, 11) is 0. The molecule has 3 aromatic heterocycles. The second-order valence-corrected chi connectivity index (χ2v) is 10.1. The van der Waals surface area contributed by atoms with Crippen molar-refractivity contribution in [1.82, 2.24) is 29.4 Å². The fraction of sp³-hybridized carbons (Fsp3) is 0.407. The predicted molar refractivity (Wildman–Crippen MR) is 136 cm³/mol. The molecular weight excluding hydrogens is 457 g/mol. The summed E-state index contributed by atoms with van der Waals surface area (Å²) in [6.45, 7) is 8.73. The number of pyridine rings is 1. The zero-order chi connectivity index (χ0) is 24.9. The van der Waals surface area contributed by atoms with E-state index in [1.54, 1.807) is 6.20 Å². The first-order valence-electron chi connectivity index (χ1n) is 12.5. The minimum absolute atomic E-state index is 0.184. The van der Waals surface area contributed by atoms with Gasteiger partial charge >= 0.3 is 6.01 Å². The van der Waals surface area contributed by atoms with Crippen molar-refractivity contribution in [3.63, 3.8) is 0 Å². The van der Waals surface area contributed by atoms with Gasteiger partial charge in [0.25, 0.3) is 0 Å². The quantitative estimate of drug-likeness (QED) is 0.439. The number of piperidine rings is 3. The highest BCUT2D eigenvalue weighted by Gasteiger charge is 2.44. The minimum Gasteiger partial charge on any atom is -0.464 e. The van der Waals surface area contributed by atoms with Crippen molar-refractivity contribution in [2.75, 3.05) is 32.0 Å². The van der Waals surface area contributed by atoms with E-state index in [2.05, 4.69) is 51.0 Å². The molecule has 1 atom stereocenters. The second kappa shape index (κ2) is 8.81. The van der Waals surface area contributed by atoms with E-state index in [9.17, 15) is 4.39 Å². The Morgan fingerprint density at radius 1 is 1.11 bits per heavy atom. The zero-order valence-corrected chi connectivity index (χ0v) is 20.6. The van der Waals surface area contributed by atoms with Gasteiger partial charge in [0.2, 0.25) is 0 Å². The Bertz CT molecular complexity index is 1410. The number of hydrogen-bond acceptors (Lipinski definition) is 7. The first kappa shape index (κ1) is 22.8. The van der Waals surface area contributed by atoms with Gasteiger partial charge in [0.15, 0.2) is 17.0 Å². The molecule has 2 bridgehead atoms.